The number of likely N-dealkylation sites (N-methyl/N-ethyl adjacent to an activating group) is 1. The van der Waals surface area contributed by atoms with Crippen molar-refractivity contribution in [2.45, 2.75) is 15.2 Å². The third kappa shape index (κ3) is 5.26. The SMILES string of the molecule is [B]C([B])(Oc1nc(N2CCN(C)CC2)ncc1Sc1ccc(C#N)cc1)c1ccccc1. The van der Waals surface area contributed by atoms with E-state index in [4.69, 9.17) is 30.7 Å². The van der Waals surface area contributed by atoms with Crippen LogP contribution in [0, 0.1) is 11.3 Å². The number of piperazine rings is 1. The van der Waals surface area contributed by atoms with Crippen LogP contribution in [0.2, 0.25) is 0 Å². The normalized spacial score (nSPS) is 14.7. The Bertz CT molecular complexity index is 1100. The Labute approximate surface area is 195 Å². The summed E-state index contributed by atoms with van der Waals surface area (Å²) in [7, 11) is 14.8. The minimum Gasteiger partial charge on any atom is -0.486 e. The molecule has 1 aromatic heterocycles. The average Bonchev–Trinajstić information content (AvgIpc) is 2.81. The van der Waals surface area contributed by atoms with Gasteiger partial charge in [0, 0.05) is 31.1 Å². The highest BCUT2D eigenvalue weighted by Gasteiger charge is 2.25. The summed E-state index contributed by atoms with van der Waals surface area (Å²) >= 11 is 1.43. The lowest BCUT2D eigenvalue weighted by Crippen LogP contribution is -2.45. The number of nitrogens with zero attached hydrogens (tertiary/aromatic N) is 5. The highest BCUT2D eigenvalue weighted by Crippen LogP contribution is 2.36. The third-order valence-corrected chi connectivity index (χ3v) is 6.21. The predicted molar refractivity (Wildman–Crippen MR) is 127 cm³/mol. The molecule has 4 rings (SSSR count). The van der Waals surface area contributed by atoms with Gasteiger partial charge in [0.05, 0.1) is 28.1 Å². The summed E-state index contributed by atoms with van der Waals surface area (Å²) in [5.41, 5.74) is 1.23. The molecule has 0 N–H and O–H groups in total. The molecule has 1 fully saturated rings. The van der Waals surface area contributed by atoms with Crippen LogP contribution in [-0.2, 0) is 5.40 Å². The van der Waals surface area contributed by atoms with Crippen molar-refractivity contribution in [3.8, 4) is 11.9 Å². The number of anilines is 1. The van der Waals surface area contributed by atoms with Crippen LogP contribution in [0.25, 0.3) is 0 Å². The molecule has 9 heteroatoms. The van der Waals surface area contributed by atoms with Crippen LogP contribution in [0.1, 0.15) is 11.1 Å². The number of benzene rings is 2. The molecular weight excluding hydrogens is 416 g/mol. The van der Waals surface area contributed by atoms with Crippen LogP contribution in [0.3, 0.4) is 0 Å². The van der Waals surface area contributed by atoms with E-state index in [-0.39, 0.29) is 0 Å². The lowest BCUT2D eigenvalue weighted by atomic mass is 9.61. The van der Waals surface area contributed by atoms with Crippen LogP contribution < -0.4 is 9.64 Å². The molecule has 0 unspecified atom stereocenters. The minimum atomic E-state index is -1.56. The van der Waals surface area contributed by atoms with Crippen molar-refractivity contribution >= 4 is 33.4 Å². The Hall–Kier alpha value is -2.95. The van der Waals surface area contributed by atoms with E-state index in [9.17, 15) is 0 Å². The van der Waals surface area contributed by atoms with Gasteiger partial charge in [-0.3, -0.25) is 0 Å². The Morgan fingerprint density at radius 2 is 1.72 bits per heavy atom. The molecule has 1 aliphatic heterocycles. The van der Waals surface area contributed by atoms with Crippen molar-refractivity contribution in [1.29, 1.82) is 5.26 Å². The zero-order valence-electron chi connectivity index (χ0n) is 17.8. The molecule has 2 heterocycles. The standard InChI is InChI=1S/C23H21B2N5OS/c1-29-11-13-30(14-12-29)22-27-16-20(32-19-9-7-17(15-26)8-10-19)21(28-22)31-23(24,25)18-5-3-2-4-6-18/h2-10,16H,11-14H2,1H3. The van der Waals surface area contributed by atoms with E-state index in [2.05, 4.69) is 27.9 Å². The molecule has 6 nitrogen and oxygen atoms in total. The van der Waals surface area contributed by atoms with Gasteiger partial charge >= 0.3 is 0 Å². The van der Waals surface area contributed by atoms with E-state index < -0.39 is 5.40 Å². The summed E-state index contributed by atoms with van der Waals surface area (Å²) in [4.78, 5) is 15.3. The van der Waals surface area contributed by atoms with Gasteiger partial charge in [0.25, 0.3) is 0 Å². The number of ether oxygens (including phenoxy) is 1. The van der Waals surface area contributed by atoms with E-state index in [1.54, 1.807) is 18.3 Å². The second kappa shape index (κ2) is 9.68. The second-order valence-electron chi connectivity index (χ2n) is 7.63. The summed E-state index contributed by atoms with van der Waals surface area (Å²) in [5.74, 6) is 0.901. The Balaban J connectivity index is 1.65. The fourth-order valence-corrected chi connectivity index (χ4v) is 4.10. The monoisotopic (exact) mass is 437 g/mol. The van der Waals surface area contributed by atoms with E-state index in [0.717, 1.165) is 31.1 Å². The van der Waals surface area contributed by atoms with Crippen LogP contribution in [0.4, 0.5) is 5.95 Å². The van der Waals surface area contributed by atoms with Crippen LogP contribution in [-0.4, -0.2) is 63.8 Å². The van der Waals surface area contributed by atoms with Crippen molar-refractivity contribution in [3.63, 3.8) is 0 Å². The minimum absolute atomic E-state index is 0.317. The van der Waals surface area contributed by atoms with Crippen LogP contribution >= 0.6 is 11.8 Å². The summed E-state index contributed by atoms with van der Waals surface area (Å²) in [6.45, 7) is 3.52. The largest absolute Gasteiger partial charge is 0.486 e. The average molecular weight is 437 g/mol. The van der Waals surface area contributed by atoms with E-state index in [1.165, 1.54) is 11.8 Å². The second-order valence-corrected chi connectivity index (χ2v) is 8.74. The molecule has 0 spiro atoms. The van der Waals surface area contributed by atoms with Gasteiger partial charge in [-0.05, 0) is 36.9 Å². The Kier molecular flexibility index (Phi) is 6.73. The molecule has 4 radical (unpaired) electrons. The molecule has 1 saturated heterocycles. The van der Waals surface area contributed by atoms with Gasteiger partial charge in [-0.25, -0.2) is 4.98 Å². The van der Waals surface area contributed by atoms with Gasteiger partial charge in [-0.15, -0.1) is 0 Å². The Morgan fingerprint density at radius 3 is 2.38 bits per heavy atom. The number of hydrogen-bond donors (Lipinski definition) is 0. The van der Waals surface area contributed by atoms with Gasteiger partial charge in [0.1, 0.15) is 15.7 Å². The van der Waals surface area contributed by atoms with Crippen molar-refractivity contribution in [3.05, 3.63) is 71.9 Å². The van der Waals surface area contributed by atoms with Gasteiger partial charge in [0.15, 0.2) is 0 Å². The summed E-state index contributed by atoms with van der Waals surface area (Å²) in [5, 5.41) is 7.48. The first-order chi connectivity index (χ1) is 15.4. The maximum Gasteiger partial charge on any atom is 0.231 e. The Morgan fingerprint density at radius 1 is 1.03 bits per heavy atom. The molecule has 1 aliphatic rings. The summed E-state index contributed by atoms with van der Waals surface area (Å²) < 4.78 is 6.08. The molecule has 32 heavy (non-hydrogen) atoms. The summed E-state index contributed by atoms with van der Waals surface area (Å²) in [6.07, 6.45) is 1.74. The predicted octanol–water partition coefficient (Wildman–Crippen LogP) is 2.78. The van der Waals surface area contributed by atoms with Gasteiger partial charge in [-0.1, -0.05) is 42.1 Å². The van der Waals surface area contributed by atoms with Gasteiger partial charge < -0.3 is 14.5 Å². The number of rotatable bonds is 6. The molecule has 2 aromatic carbocycles. The number of nitriles is 1. The smallest absolute Gasteiger partial charge is 0.231 e. The molecule has 0 saturated carbocycles. The molecule has 3 aromatic rings. The zero-order chi connectivity index (χ0) is 22.6. The molecule has 156 valence electrons. The molecule has 0 amide bonds. The zero-order valence-corrected chi connectivity index (χ0v) is 18.6. The first-order valence-electron chi connectivity index (χ1n) is 10.3. The molecule has 0 aliphatic carbocycles. The number of hydrogen-bond acceptors (Lipinski definition) is 7. The molecule has 0 bridgehead atoms. The quantitative estimate of drug-likeness (QED) is 0.550. The first kappa shape index (κ1) is 22.3. The van der Waals surface area contributed by atoms with Crippen molar-refractivity contribution in [2.24, 2.45) is 0 Å². The lowest BCUT2D eigenvalue weighted by molar-refractivity contribution is 0.227. The van der Waals surface area contributed by atoms with Crippen LogP contribution in [0.5, 0.6) is 5.88 Å². The highest BCUT2D eigenvalue weighted by atomic mass is 32.2. The molecule has 0 atom stereocenters. The third-order valence-electron chi connectivity index (χ3n) is 5.20. The van der Waals surface area contributed by atoms with E-state index in [0.29, 0.717) is 27.9 Å². The first-order valence-corrected chi connectivity index (χ1v) is 11.1. The van der Waals surface area contributed by atoms with E-state index >= 15 is 0 Å². The van der Waals surface area contributed by atoms with Gasteiger partial charge in [-0.2, -0.15) is 10.2 Å². The highest BCUT2D eigenvalue weighted by molar-refractivity contribution is 7.99. The van der Waals surface area contributed by atoms with E-state index in [1.807, 2.05) is 42.5 Å². The maximum absolute atomic E-state index is 9.04. The van der Waals surface area contributed by atoms with Crippen LogP contribution in [0.15, 0.2) is 70.6 Å². The maximum atomic E-state index is 9.04. The topological polar surface area (TPSA) is 65.3 Å². The fourth-order valence-electron chi connectivity index (χ4n) is 3.29. The van der Waals surface area contributed by atoms with Crippen molar-refractivity contribution in [1.82, 2.24) is 14.9 Å². The van der Waals surface area contributed by atoms with Crippen molar-refractivity contribution in [2.75, 3.05) is 38.1 Å². The lowest BCUT2D eigenvalue weighted by Gasteiger charge is -2.33. The molecular formula is C23H21B2N5OS. The van der Waals surface area contributed by atoms with Crippen molar-refractivity contribution < 1.29 is 4.74 Å². The number of aromatic nitrogens is 2. The fraction of sp³-hybridized carbons (Fsp3) is 0.261. The summed E-state index contributed by atoms with van der Waals surface area (Å²) in [6, 6.07) is 18.6. The van der Waals surface area contributed by atoms with Gasteiger partial charge in [0.2, 0.25) is 11.8 Å².